The van der Waals surface area contributed by atoms with Crippen molar-refractivity contribution in [3.8, 4) is 0 Å². The van der Waals surface area contributed by atoms with E-state index >= 15 is 0 Å². The van der Waals surface area contributed by atoms with Crippen molar-refractivity contribution in [1.82, 2.24) is 20.1 Å². The van der Waals surface area contributed by atoms with Gasteiger partial charge in [0.15, 0.2) is 0 Å². The van der Waals surface area contributed by atoms with E-state index in [-0.39, 0.29) is 0 Å². The monoisotopic (exact) mass is 266 g/mol. The Labute approximate surface area is 118 Å². The smallest absolute Gasteiger partial charge is 0.138 e. The van der Waals surface area contributed by atoms with Crippen LogP contribution in [0.5, 0.6) is 0 Å². The molecule has 2 unspecified atom stereocenters. The maximum Gasteiger partial charge on any atom is 0.138 e. The van der Waals surface area contributed by atoms with E-state index in [9.17, 15) is 0 Å². The first-order valence-corrected chi connectivity index (χ1v) is 7.82. The number of hydrogen-bond acceptors (Lipinski definition) is 3. The van der Waals surface area contributed by atoms with Crippen LogP contribution in [0, 0.1) is 5.92 Å². The summed E-state index contributed by atoms with van der Waals surface area (Å²) < 4.78 is 2.05. The molecule has 1 heterocycles. The van der Waals surface area contributed by atoms with E-state index in [4.69, 9.17) is 0 Å². The van der Waals surface area contributed by atoms with E-state index in [1.165, 1.54) is 19.3 Å². The van der Waals surface area contributed by atoms with Crippen LogP contribution in [0.15, 0.2) is 6.33 Å². The molecule has 0 aliphatic carbocycles. The van der Waals surface area contributed by atoms with Gasteiger partial charge in [0.05, 0.1) is 0 Å². The predicted molar refractivity (Wildman–Crippen MR) is 80.2 cm³/mol. The van der Waals surface area contributed by atoms with Gasteiger partial charge in [0.25, 0.3) is 0 Å². The van der Waals surface area contributed by atoms with E-state index in [0.29, 0.717) is 12.0 Å². The second-order valence-corrected chi connectivity index (χ2v) is 5.43. The van der Waals surface area contributed by atoms with Gasteiger partial charge in [0.1, 0.15) is 12.2 Å². The van der Waals surface area contributed by atoms with E-state index < -0.39 is 0 Å². The third-order valence-corrected chi connectivity index (χ3v) is 3.62. The fourth-order valence-electron chi connectivity index (χ4n) is 2.50. The van der Waals surface area contributed by atoms with Crippen molar-refractivity contribution in [2.24, 2.45) is 5.92 Å². The van der Waals surface area contributed by atoms with Gasteiger partial charge in [-0.15, -0.1) is 0 Å². The zero-order chi connectivity index (χ0) is 14.1. The summed E-state index contributed by atoms with van der Waals surface area (Å²) in [4.78, 5) is 4.44. The quantitative estimate of drug-likeness (QED) is 0.708. The SMILES string of the molecule is CCCNC(Cc1ncnn1CCC)C(C)CCC. The number of nitrogens with zero attached hydrogens (tertiary/aromatic N) is 3. The molecule has 1 N–H and O–H groups in total. The molecule has 0 fully saturated rings. The van der Waals surface area contributed by atoms with Gasteiger partial charge in [-0.25, -0.2) is 4.98 Å². The first kappa shape index (κ1) is 16.2. The summed E-state index contributed by atoms with van der Waals surface area (Å²) in [5.74, 6) is 1.81. The summed E-state index contributed by atoms with van der Waals surface area (Å²) in [6.07, 6.45) is 7.47. The highest BCUT2D eigenvalue weighted by Gasteiger charge is 2.19. The minimum atomic E-state index is 0.514. The summed E-state index contributed by atoms with van der Waals surface area (Å²) in [6.45, 7) is 11.1. The largest absolute Gasteiger partial charge is 0.313 e. The Hall–Kier alpha value is -0.900. The molecule has 1 aromatic heterocycles. The van der Waals surface area contributed by atoms with Crippen LogP contribution in [0.1, 0.15) is 59.2 Å². The Balaban J connectivity index is 2.66. The van der Waals surface area contributed by atoms with Crippen LogP contribution in [0.2, 0.25) is 0 Å². The fourth-order valence-corrected chi connectivity index (χ4v) is 2.50. The highest BCUT2D eigenvalue weighted by atomic mass is 15.3. The Bertz CT molecular complexity index is 335. The first-order chi connectivity index (χ1) is 9.22. The molecule has 1 rings (SSSR count). The second kappa shape index (κ2) is 9.08. The Morgan fingerprint density at radius 2 is 2.00 bits per heavy atom. The van der Waals surface area contributed by atoms with Crippen molar-refractivity contribution < 1.29 is 0 Å². The summed E-state index contributed by atoms with van der Waals surface area (Å²) in [5, 5.41) is 8.00. The fraction of sp³-hybridized carbons (Fsp3) is 0.867. The molecule has 0 aliphatic heterocycles. The lowest BCUT2D eigenvalue weighted by molar-refractivity contribution is 0.342. The standard InChI is InChI=1S/C15H30N4/c1-5-8-13(4)14(16-9-6-2)11-15-17-12-18-19(15)10-7-3/h12-14,16H,5-11H2,1-4H3. The molecule has 4 nitrogen and oxygen atoms in total. The average molecular weight is 266 g/mol. The van der Waals surface area contributed by atoms with Crippen LogP contribution in [0.25, 0.3) is 0 Å². The van der Waals surface area contributed by atoms with E-state index in [0.717, 1.165) is 31.8 Å². The molecule has 0 aliphatic rings. The molecule has 1 aromatic rings. The Morgan fingerprint density at radius 1 is 1.21 bits per heavy atom. The van der Waals surface area contributed by atoms with Gasteiger partial charge in [0, 0.05) is 19.0 Å². The number of nitrogens with one attached hydrogen (secondary N) is 1. The molecule has 0 bridgehead atoms. The van der Waals surface area contributed by atoms with Gasteiger partial charge >= 0.3 is 0 Å². The highest BCUT2D eigenvalue weighted by molar-refractivity contribution is 4.91. The van der Waals surface area contributed by atoms with Crippen LogP contribution in [-0.4, -0.2) is 27.4 Å². The number of hydrogen-bond donors (Lipinski definition) is 1. The van der Waals surface area contributed by atoms with E-state index in [1.807, 2.05) is 0 Å². The minimum Gasteiger partial charge on any atom is -0.313 e. The summed E-state index contributed by atoms with van der Waals surface area (Å²) in [6, 6.07) is 0.514. The van der Waals surface area contributed by atoms with Crippen LogP contribution in [-0.2, 0) is 13.0 Å². The molecule has 0 aromatic carbocycles. The molecule has 19 heavy (non-hydrogen) atoms. The van der Waals surface area contributed by atoms with Crippen molar-refractivity contribution in [1.29, 1.82) is 0 Å². The lowest BCUT2D eigenvalue weighted by atomic mass is 9.94. The Morgan fingerprint density at radius 3 is 2.63 bits per heavy atom. The molecule has 110 valence electrons. The molecular formula is C15H30N4. The molecule has 0 amide bonds. The zero-order valence-corrected chi connectivity index (χ0v) is 13.0. The van der Waals surface area contributed by atoms with Crippen molar-refractivity contribution in [2.45, 2.75) is 72.4 Å². The molecule has 0 saturated carbocycles. The summed E-state index contributed by atoms with van der Waals surface area (Å²) in [7, 11) is 0. The van der Waals surface area contributed by atoms with Crippen molar-refractivity contribution in [3.63, 3.8) is 0 Å². The van der Waals surface area contributed by atoms with Gasteiger partial charge < -0.3 is 5.32 Å². The topological polar surface area (TPSA) is 42.7 Å². The normalized spacial score (nSPS) is 14.5. The van der Waals surface area contributed by atoms with Crippen LogP contribution in [0.3, 0.4) is 0 Å². The van der Waals surface area contributed by atoms with Gasteiger partial charge in [-0.1, -0.05) is 34.1 Å². The third-order valence-electron chi connectivity index (χ3n) is 3.62. The number of aryl methyl sites for hydroxylation is 1. The van der Waals surface area contributed by atoms with Gasteiger partial charge in [-0.3, -0.25) is 4.68 Å². The maximum atomic E-state index is 4.44. The van der Waals surface area contributed by atoms with Crippen molar-refractivity contribution in [3.05, 3.63) is 12.2 Å². The lowest BCUT2D eigenvalue weighted by Crippen LogP contribution is -2.38. The van der Waals surface area contributed by atoms with E-state index in [2.05, 4.69) is 47.8 Å². The van der Waals surface area contributed by atoms with Gasteiger partial charge in [-0.2, -0.15) is 5.10 Å². The van der Waals surface area contributed by atoms with Gasteiger partial charge in [0.2, 0.25) is 0 Å². The van der Waals surface area contributed by atoms with Crippen LogP contribution in [0.4, 0.5) is 0 Å². The van der Waals surface area contributed by atoms with Crippen molar-refractivity contribution >= 4 is 0 Å². The number of aromatic nitrogens is 3. The van der Waals surface area contributed by atoms with Crippen LogP contribution >= 0.6 is 0 Å². The third kappa shape index (κ3) is 5.31. The Kier molecular flexibility index (Phi) is 7.72. The van der Waals surface area contributed by atoms with Crippen molar-refractivity contribution in [2.75, 3.05) is 6.54 Å². The van der Waals surface area contributed by atoms with Crippen LogP contribution < -0.4 is 5.32 Å². The molecule has 0 saturated heterocycles. The zero-order valence-electron chi connectivity index (χ0n) is 13.0. The molecule has 0 radical (unpaired) electrons. The number of rotatable bonds is 10. The highest BCUT2D eigenvalue weighted by Crippen LogP contribution is 2.14. The van der Waals surface area contributed by atoms with E-state index in [1.54, 1.807) is 6.33 Å². The molecule has 2 atom stereocenters. The first-order valence-electron chi connectivity index (χ1n) is 7.82. The second-order valence-electron chi connectivity index (χ2n) is 5.43. The lowest BCUT2D eigenvalue weighted by Gasteiger charge is -2.24. The van der Waals surface area contributed by atoms with Gasteiger partial charge in [-0.05, 0) is 31.7 Å². The predicted octanol–water partition coefficient (Wildman–Crippen LogP) is 3.04. The summed E-state index contributed by atoms with van der Waals surface area (Å²) >= 11 is 0. The average Bonchev–Trinajstić information content (AvgIpc) is 2.82. The molecule has 0 spiro atoms. The maximum absolute atomic E-state index is 4.44. The minimum absolute atomic E-state index is 0.514. The molecular weight excluding hydrogens is 236 g/mol. The summed E-state index contributed by atoms with van der Waals surface area (Å²) in [5.41, 5.74) is 0. The molecule has 4 heteroatoms.